The zero-order chi connectivity index (χ0) is 18.5. The minimum Gasteiger partial charge on any atom is -0.530 e. The molecule has 136 valence electrons. The zero-order valence-corrected chi connectivity index (χ0v) is 14.6. The average molecular weight is 353 g/mol. The molecule has 0 radical (unpaired) electrons. The predicted octanol–water partition coefficient (Wildman–Crippen LogP) is 2.36. The van der Waals surface area contributed by atoms with Crippen LogP contribution in [0.4, 0.5) is 4.79 Å². The first-order chi connectivity index (χ1) is 12.5. The van der Waals surface area contributed by atoms with Crippen LogP contribution >= 0.6 is 0 Å². The van der Waals surface area contributed by atoms with E-state index in [4.69, 9.17) is 4.74 Å². The van der Waals surface area contributed by atoms with Gasteiger partial charge < -0.3 is 24.4 Å². The first kappa shape index (κ1) is 17.8. The lowest BCUT2D eigenvalue weighted by atomic mass is 10.0. The lowest BCUT2D eigenvalue weighted by Crippen LogP contribution is -2.50. The van der Waals surface area contributed by atoms with Crippen LogP contribution in [0, 0.1) is 0 Å². The largest absolute Gasteiger partial charge is 0.530 e. The first-order valence-corrected chi connectivity index (χ1v) is 8.60. The molecule has 2 aromatic carbocycles. The Morgan fingerprint density at radius 3 is 2.15 bits per heavy atom. The van der Waals surface area contributed by atoms with E-state index in [2.05, 4.69) is 0 Å². The summed E-state index contributed by atoms with van der Waals surface area (Å²) in [7, 11) is 1.76. The van der Waals surface area contributed by atoms with Crippen molar-refractivity contribution in [2.75, 3.05) is 20.1 Å². The van der Waals surface area contributed by atoms with Gasteiger partial charge in [-0.1, -0.05) is 18.2 Å². The third-order valence-electron chi connectivity index (χ3n) is 4.67. The molecule has 1 aliphatic rings. The van der Waals surface area contributed by atoms with Gasteiger partial charge in [0.2, 0.25) is 0 Å². The van der Waals surface area contributed by atoms with Crippen molar-refractivity contribution in [3.8, 4) is 11.5 Å². The van der Waals surface area contributed by atoms with Crippen LogP contribution in [0.5, 0.6) is 11.5 Å². The second kappa shape index (κ2) is 7.91. The highest BCUT2D eigenvalue weighted by Crippen LogP contribution is 2.22. The van der Waals surface area contributed by atoms with Gasteiger partial charge in [-0.3, -0.25) is 4.79 Å². The molecule has 26 heavy (non-hydrogen) atoms. The minimum atomic E-state index is -1.15. The number of hydrogen-bond donors (Lipinski definition) is 0. The Morgan fingerprint density at radius 1 is 1.00 bits per heavy atom. The van der Waals surface area contributed by atoms with Crippen LogP contribution in [0.25, 0.3) is 0 Å². The molecule has 0 unspecified atom stereocenters. The fraction of sp³-hybridized carbons (Fsp3) is 0.300. The van der Waals surface area contributed by atoms with Crippen molar-refractivity contribution in [2.45, 2.75) is 18.9 Å². The number of amides is 2. The monoisotopic (exact) mass is 353 g/mol. The molecule has 0 aliphatic carbocycles. The normalized spacial score (nSPS) is 14.7. The van der Waals surface area contributed by atoms with E-state index < -0.39 is 6.09 Å². The maximum absolute atomic E-state index is 12.7. The van der Waals surface area contributed by atoms with Crippen molar-refractivity contribution in [1.82, 2.24) is 9.80 Å². The quantitative estimate of drug-likeness (QED) is 0.846. The number of carbonyl (C=O) groups excluding carboxylic acids is 2. The van der Waals surface area contributed by atoms with Gasteiger partial charge in [0.25, 0.3) is 5.91 Å². The van der Waals surface area contributed by atoms with Gasteiger partial charge >= 0.3 is 0 Å². The second-order valence-corrected chi connectivity index (χ2v) is 6.34. The van der Waals surface area contributed by atoms with E-state index in [-0.39, 0.29) is 11.9 Å². The van der Waals surface area contributed by atoms with E-state index in [1.165, 1.54) is 4.90 Å². The van der Waals surface area contributed by atoms with Gasteiger partial charge in [-0.15, -0.1) is 0 Å². The standard InChI is InChI=1S/C20H22N2O4/c1-21(16-11-13-22(14-12-16)20(24)25)19(23)15-7-9-18(10-8-15)26-17-5-3-2-4-6-17/h2-10,16H,11-14H2,1H3,(H,24,25)/p-1. The zero-order valence-electron chi connectivity index (χ0n) is 14.6. The molecule has 2 aromatic rings. The Kier molecular flexibility index (Phi) is 5.41. The van der Waals surface area contributed by atoms with Gasteiger partial charge in [0.15, 0.2) is 0 Å². The van der Waals surface area contributed by atoms with Gasteiger partial charge in [-0.05, 0) is 49.2 Å². The second-order valence-electron chi connectivity index (χ2n) is 6.34. The van der Waals surface area contributed by atoms with Crippen molar-refractivity contribution in [3.05, 3.63) is 60.2 Å². The summed E-state index contributed by atoms with van der Waals surface area (Å²) in [5.41, 5.74) is 0.579. The predicted molar refractivity (Wildman–Crippen MR) is 95.0 cm³/mol. The molecule has 1 saturated heterocycles. The summed E-state index contributed by atoms with van der Waals surface area (Å²) in [5.74, 6) is 1.32. The molecule has 3 rings (SSSR count). The highest BCUT2D eigenvalue weighted by molar-refractivity contribution is 5.94. The van der Waals surface area contributed by atoms with Crippen molar-refractivity contribution in [1.29, 1.82) is 0 Å². The number of rotatable bonds is 4. The molecule has 0 bridgehead atoms. The average Bonchev–Trinajstić information content (AvgIpc) is 2.68. The van der Waals surface area contributed by atoms with Crippen LogP contribution in [-0.2, 0) is 0 Å². The number of nitrogens with zero attached hydrogens (tertiary/aromatic N) is 2. The van der Waals surface area contributed by atoms with Crippen LogP contribution in [0.2, 0.25) is 0 Å². The molecule has 0 aromatic heterocycles. The van der Waals surface area contributed by atoms with Gasteiger partial charge in [0.05, 0.1) is 0 Å². The number of ether oxygens (including phenoxy) is 1. The summed E-state index contributed by atoms with van der Waals surface area (Å²) < 4.78 is 5.73. The Bertz CT molecular complexity index is 753. The number of carbonyl (C=O) groups is 2. The molecule has 1 aliphatic heterocycles. The van der Waals surface area contributed by atoms with Gasteiger partial charge in [-0.25, -0.2) is 0 Å². The molecule has 2 amide bonds. The molecule has 6 heteroatoms. The van der Waals surface area contributed by atoms with Crippen molar-refractivity contribution in [3.63, 3.8) is 0 Å². The molecule has 0 spiro atoms. The highest BCUT2D eigenvalue weighted by atomic mass is 16.5. The van der Waals surface area contributed by atoms with Gasteiger partial charge in [-0.2, -0.15) is 0 Å². The Hall–Kier alpha value is -3.02. The lowest BCUT2D eigenvalue weighted by molar-refractivity contribution is -0.266. The molecule has 1 fully saturated rings. The first-order valence-electron chi connectivity index (χ1n) is 8.60. The van der Waals surface area contributed by atoms with Crippen molar-refractivity contribution < 1.29 is 19.4 Å². The van der Waals surface area contributed by atoms with E-state index in [0.29, 0.717) is 37.2 Å². The Labute approximate surface area is 152 Å². The molecule has 0 N–H and O–H groups in total. The summed E-state index contributed by atoms with van der Waals surface area (Å²) in [6.45, 7) is 0.795. The molecule has 1 heterocycles. The number of likely N-dealkylation sites (tertiary alicyclic amines) is 1. The third-order valence-corrected chi connectivity index (χ3v) is 4.67. The molecular weight excluding hydrogens is 332 g/mol. The highest BCUT2D eigenvalue weighted by Gasteiger charge is 2.26. The van der Waals surface area contributed by atoms with E-state index in [1.54, 1.807) is 36.2 Å². The number of hydrogen-bond acceptors (Lipinski definition) is 4. The van der Waals surface area contributed by atoms with Crippen LogP contribution in [0.1, 0.15) is 23.2 Å². The number of carboxylic acid groups (broad SMARTS) is 1. The Balaban J connectivity index is 1.60. The SMILES string of the molecule is CN(C(=O)c1ccc(Oc2ccccc2)cc1)C1CCN(C(=O)[O-])CC1. The lowest BCUT2D eigenvalue weighted by Gasteiger charge is -2.37. The van der Waals surface area contributed by atoms with E-state index >= 15 is 0 Å². The molecular formula is C20H21N2O4-. The minimum absolute atomic E-state index is 0.0262. The molecule has 0 atom stereocenters. The maximum Gasteiger partial charge on any atom is 0.253 e. The smallest absolute Gasteiger partial charge is 0.253 e. The van der Waals surface area contributed by atoms with Crippen molar-refractivity contribution >= 4 is 12.0 Å². The van der Waals surface area contributed by atoms with E-state index in [0.717, 1.165) is 5.75 Å². The summed E-state index contributed by atoms with van der Waals surface area (Å²) in [4.78, 5) is 26.5. The van der Waals surface area contributed by atoms with Crippen LogP contribution in [0.3, 0.4) is 0 Å². The van der Waals surface area contributed by atoms with Gasteiger partial charge in [0, 0.05) is 31.7 Å². The fourth-order valence-corrected chi connectivity index (χ4v) is 3.10. The number of benzene rings is 2. The topological polar surface area (TPSA) is 72.9 Å². The van der Waals surface area contributed by atoms with Crippen LogP contribution in [-0.4, -0.2) is 48.0 Å². The Morgan fingerprint density at radius 2 is 1.58 bits per heavy atom. The summed E-state index contributed by atoms with van der Waals surface area (Å²) in [5, 5.41) is 10.9. The van der Waals surface area contributed by atoms with Crippen LogP contribution in [0.15, 0.2) is 54.6 Å². The summed E-state index contributed by atoms with van der Waals surface area (Å²) in [6.07, 6.45) is 0.0862. The summed E-state index contributed by atoms with van der Waals surface area (Å²) in [6, 6.07) is 16.5. The fourth-order valence-electron chi connectivity index (χ4n) is 3.10. The number of piperidine rings is 1. The third kappa shape index (κ3) is 4.14. The van der Waals surface area contributed by atoms with Crippen LogP contribution < -0.4 is 9.84 Å². The summed E-state index contributed by atoms with van der Waals surface area (Å²) >= 11 is 0. The number of para-hydroxylation sites is 1. The van der Waals surface area contributed by atoms with E-state index in [1.807, 2.05) is 30.3 Å². The maximum atomic E-state index is 12.7. The molecule has 0 saturated carbocycles. The van der Waals surface area contributed by atoms with E-state index in [9.17, 15) is 14.7 Å². The van der Waals surface area contributed by atoms with Gasteiger partial charge in [0.1, 0.15) is 17.6 Å². The van der Waals surface area contributed by atoms with Crippen molar-refractivity contribution in [2.24, 2.45) is 0 Å². The molecule has 6 nitrogen and oxygen atoms in total.